The van der Waals surface area contributed by atoms with E-state index >= 15 is 0 Å². The molecule has 4 nitrogen and oxygen atoms in total. The Kier molecular flexibility index (Phi) is 22.5. The summed E-state index contributed by atoms with van der Waals surface area (Å²) in [5.74, 6) is -0.255. The van der Waals surface area contributed by atoms with Gasteiger partial charge in [0.05, 0.1) is 13.0 Å². The van der Waals surface area contributed by atoms with Crippen molar-refractivity contribution in [1.82, 2.24) is 5.32 Å². The second-order valence-corrected chi connectivity index (χ2v) is 2.32. The molecule has 6 heteroatoms. The summed E-state index contributed by atoms with van der Waals surface area (Å²) in [5, 5.41) is 2.37. The van der Waals surface area contributed by atoms with Gasteiger partial charge in [-0.3, -0.25) is 9.59 Å². The molecular weight excluding hydrogens is 385 g/mol. The van der Waals surface area contributed by atoms with Crippen molar-refractivity contribution in [2.45, 2.75) is 26.7 Å². The van der Waals surface area contributed by atoms with E-state index in [4.69, 9.17) is 4.74 Å². The van der Waals surface area contributed by atoms with Crippen molar-refractivity contribution < 1.29 is 39.8 Å². The van der Waals surface area contributed by atoms with Crippen LogP contribution in [-0.4, -0.2) is 31.7 Å². The number of nitrogens with one attached hydrogen (secondary N) is 1. The van der Waals surface area contributed by atoms with Gasteiger partial charge in [0.15, 0.2) is 0 Å². The van der Waals surface area contributed by atoms with Gasteiger partial charge < -0.3 is 17.0 Å². The molecule has 0 rings (SSSR count). The minimum Gasteiger partial charge on any atom is -0.413 e. The van der Waals surface area contributed by atoms with Crippen LogP contribution in [0.1, 0.15) is 26.7 Å². The minimum absolute atomic E-state index is 0. The quantitative estimate of drug-likeness (QED) is 0.395. The van der Waals surface area contributed by atoms with Gasteiger partial charge in [-0.2, -0.15) is 4.39 Å². The van der Waals surface area contributed by atoms with Crippen LogP contribution in [0.15, 0.2) is 0 Å². The number of rotatable bonds is 7. The average molecular weight is 404 g/mol. The Bertz CT molecular complexity index is 179. The molecule has 0 aliphatic carbocycles. The zero-order valence-corrected chi connectivity index (χ0v) is 12.7. The van der Waals surface area contributed by atoms with Crippen molar-refractivity contribution in [1.29, 1.82) is 0 Å². The molecule has 0 heterocycles. The van der Waals surface area contributed by atoms with Crippen molar-refractivity contribution in [2.75, 3.05) is 19.8 Å². The molecule has 0 saturated carbocycles. The van der Waals surface area contributed by atoms with Crippen molar-refractivity contribution >= 4 is 11.9 Å². The molecule has 0 unspecified atom stereocenters. The molecule has 0 aromatic rings. The Hall–Kier alpha value is -0.282. The first-order chi connectivity index (χ1) is 7.16. The molecule has 0 aromatic carbocycles. The Morgan fingerprint density at radius 2 is 1.88 bits per heavy atom. The first-order valence-corrected chi connectivity index (χ1v) is 4.99. The van der Waals surface area contributed by atoms with Crippen LogP contribution in [0, 0.1) is 6.92 Å². The Morgan fingerprint density at radius 1 is 1.31 bits per heavy atom. The molecule has 0 atom stereocenters. The maximum atomic E-state index is 11.6. The van der Waals surface area contributed by atoms with Gasteiger partial charge in [0.25, 0.3) is 0 Å². The summed E-state index contributed by atoms with van der Waals surface area (Å²) in [4.78, 5) is 20.7. The minimum atomic E-state index is -1.42. The normalized spacial score (nSPS) is 8.25. The number of carbonyl (C=O) groups excluding carboxylic acids is 2. The number of amides is 1. The van der Waals surface area contributed by atoms with E-state index < -0.39 is 6.04 Å². The molecule has 96 valence electrons. The van der Waals surface area contributed by atoms with Gasteiger partial charge in [-0.25, -0.2) is 0 Å². The fraction of sp³-hybridized carbons (Fsp3) is 0.700. The van der Waals surface area contributed by atoms with E-state index in [1.165, 1.54) is 0 Å². The van der Waals surface area contributed by atoms with Crippen LogP contribution in [0.2, 0.25) is 0 Å². The third-order valence-electron chi connectivity index (χ3n) is 1.26. The number of ether oxygens (including phenoxy) is 1. The number of halogens is 1. The summed E-state index contributed by atoms with van der Waals surface area (Å²) in [6, 6.07) is -1.42. The van der Waals surface area contributed by atoms with E-state index in [2.05, 4.69) is 12.2 Å². The van der Waals surface area contributed by atoms with E-state index in [1.54, 1.807) is 0 Å². The van der Waals surface area contributed by atoms with Crippen molar-refractivity contribution in [2.24, 2.45) is 0 Å². The number of hydrogen-bond donors (Lipinski definition) is 1. The van der Waals surface area contributed by atoms with Gasteiger partial charge in [0, 0.05) is 34.0 Å². The van der Waals surface area contributed by atoms with E-state index in [1.807, 2.05) is 13.8 Å². The van der Waals surface area contributed by atoms with Crippen LogP contribution >= 0.6 is 0 Å². The Morgan fingerprint density at radius 3 is 2.31 bits per heavy atom. The second kappa shape index (κ2) is 17.1. The largest absolute Gasteiger partial charge is 0.413 e. The standard InChI is InChI=1S/C8H13FNO3.C2H6.W/c1-2-13-6-4-8(12)10-5-3-7(9)11;1-2;/h1-6H2,(H,10,12);1-2H3;/q-1;;. The van der Waals surface area contributed by atoms with E-state index in [9.17, 15) is 14.0 Å². The number of carbonyl (C=O) groups is 2. The van der Waals surface area contributed by atoms with Gasteiger partial charge in [-0.1, -0.05) is 20.5 Å². The van der Waals surface area contributed by atoms with Crippen LogP contribution in [-0.2, 0) is 35.4 Å². The molecule has 0 spiro atoms. The van der Waals surface area contributed by atoms with Crippen LogP contribution in [0.25, 0.3) is 0 Å². The van der Waals surface area contributed by atoms with Crippen molar-refractivity contribution in [3.63, 3.8) is 0 Å². The molecule has 0 radical (unpaired) electrons. The summed E-state index contributed by atoms with van der Waals surface area (Å²) < 4.78 is 16.5. The zero-order valence-electron chi connectivity index (χ0n) is 9.75. The smallest absolute Gasteiger partial charge is 0.303 e. The topological polar surface area (TPSA) is 55.4 Å². The van der Waals surface area contributed by atoms with Crippen molar-refractivity contribution in [3.8, 4) is 0 Å². The number of hydrogen-bond acceptors (Lipinski definition) is 3. The van der Waals surface area contributed by atoms with Gasteiger partial charge >= 0.3 is 6.04 Å². The summed E-state index contributed by atoms with van der Waals surface area (Å²) >= 11 is 0. The van der Waals surface area contributed by atoms with Crippen LogP contribution in [0.5, 0.6) is 0 Å². The fourth-order valence-corrected chi connectivity index (χ4v) is 0.656. The van der Waals surface area contributed by atoms with E-state index in [0.717, 1.165) is 0 Å². The first-order valence-electron chi connectivity index (χ1n) is 4.99. The van der Waals surface area contributed by atoms with Crippen LogP contribution in [0.3, 0.4) is 0 Å². The summed E-state index contributed by atoms with van der Waals surface area (Å²) in [6.45, 7) is 8.07. The molecule has 0 aliphatic rings. The van der Waals surface area contributed by atoms with Gasteiger partial charge in [0.1, 0.15) is 0 Å². The molecule has 1 amide bonds. The third-order valence-corrected chi connectivity index (χ3v) is 1.26. The second-order valence-electron chi connectivity index (χ2n) is 2.32. The monoisotopic (exact) mass is 404 g/mol. The SMILES string of the molecule is CC.[CH2-]COCCC(=O)NCCC(=O)F.[W]. The zero-order chi connectivity index (χ0) is 12.1. The maximum Gasteiger partial charge on any atom is 0.303 e. The Labute approximate surface area is 111 Å². The van der Waals surface area contributed by atoms with Gasteiger partial charge in [0.2, 0.25) is 5.91 Å². The molecule has 0 bridgehead atoms. The average Bonchev–Trinajstić information content (AvgIpc) is 2.21. The van der Waals surface area contributed by atoms with E-state index in [-0.39, 0.29) is 46.4 Å². The molecule has 16 heavy (non-hydrogen) atoms. The van der Waals surface area contributed by atoms with E-state index in [0.29, 0.717) is 13.2 Å². The summed E-state index contributed by atoms with van der Waals surface area (Å²) in [6.07, 6.45) is -0.0715. The molecular formula is C10H19FNO3W-. The maximum absolute atomic E-state index is 11.6. The molecule has 0 fully saturated rings. The summed E-state index contributed by atoms with van der Waals surface area (Å²) in [7, 11) is 0. The van der Waals surface area contributed by atoms with Crippen LogP contribution < -0.4 is 5.32 Å². The third kappa shape index (κ3) is 19.3. The molecule has 0 aromatic heterocycles. The van der Waals surface area contributed by atoms with Crippen LogP contribution in [0.4, 0.5) is 4.39 Å². The van der Waals surface area contributed by atoms with Crippen molar-refractivity contribution in [3.05, 3.63) is 6.92 Å². The summed E-state index contributed by atoms with van der Waals surface area (Å²) in [5.41, 5.74) is 0. The van der Waals surface area contributed by atoms with Gasteiger partial charge in [-0.15, -0.1) is 0 Å². The predicted octanol–water partition coefficient (Wildman–Crippen LogP) is 1.25. The fourth-order valence-electron chi connectivity index (χ4n) is 0.656. The Balaban J connectivity index is -0.000000529. The van der Waals surface area contributed by atoms with Gasteiger partial charge in [-0.05, 0) is 0 Å². The molecule has 0 aliphatic heterocycles. The first kappa shape index (κ1) is 21.1. The predicted molar refractivity (Wildman–Crippen MR) is 55.9 cm³/mol. The molecule has 1 N–H and O–H groups in total. The molecule has 0 saturated heterocycles.